The summed E-state index contributed by atoms with van der Waals surface area (Å²) in [5, 5.41) is 7.42. The van der Waals surface area contributed by atoms with Crippen molar-refractivity contribution in [1.82, 2.24) is 20.4 Å². The van der Waals surface area contributed by atoms with Gasteiger partial charge in [0, 0.05) is 37.7 Å². The minimum Gasteiger partial charge on any atom is -0.481 e. The maximum atomic E-state index is 5.24. The van der Waals surface area contributed by atoms with Crippen molar-refractivity contribution in [2.24, 2.45) is 0 Å². The van der Waals surface area contributed by atoms with Crippen LogP contribution in [0.15, 0.2) is 22.9 Å². The molecular formula is C14H18N4O2. The number of aromatic nitrogens is 3. The summed E-state index contributed by atoms with van der Waals surface area (Å²) in [6.07, 6.45) is 5.75. The van der Waals surface area contributed by atoms with Gasteiger partial charge in [0.25, 0.3) is 0 Å². The average molecular weight is 274 g/mol. The summed E-state index contributed by atoms with van der Waals surface area (Å²) in [6, 6.07) is 4.50. The van der Waals surface area contributed by atoms with Crippen molar-refractivity contribution in [2.75, 3.05) is 13.7 Å². The fourth-order valence-corrected chi connectivity index (χ4v) is 1.95. The van der Waals surface area contributed by atoms with Crippen LogP contribution < -0.4 is 10.1 Å². The smallest absolute Gasteiger partial charge is 0.227 e. The molecule has 2 aromatic heterocycles. The number of hydrogen-bond donors (Lipinski definition) is 1. The molecular weight excluding hydrogens is 256 g/mol. The van der Waals surface area contributed by atoms with Gasteiger partial charge in [-0.25, -0.2) is 4.98 Å². The molecule has 0 unspecified atom stereocenters. The molecule has 6 heteroatoms. The minimum absolute atomic E-state index is 0.605. The van der Waals surface area contributed by atoms with Crippen LogP contribution in [0.2, 0.25) is 0 Å². The minimum atomic E-state index is 0.605. The van der Waals surface area contributed by atoms with Gasteiger partial charge in [-0.3, -0.25) is 0 Å². The van der Waals surface area contributed by atoms with E-state index >= 15 is 0 Å². The molecule has 6 nitrogen and oxygen atoms in total. The Labute approximate surface area is 117 Å². The number of nitrogens with zero attached hydrogens (tertiary/aromatic N) is 3. The van der Waals surface area contributed by atoms with E-state index in [1.807, 2.05) is 12.1 Å². The predicted molar refractivity (Wildman–Crippen MR) is 72.6 cm³/mol. The first-order valence-corrected chi connectivity index (χ1v) is 6.87. The second-order valence-corrected chi connectivity index (χ2v) is 4.97. The van der Waals surface area contributed by atoms with Crippen LogP contribution in [0.1, 0.15) is 30.1 Å². The van der Waals surface area contributed by atoms with E-state index < -0.39 is 0 Å². The van der Waals surface area contributed by atoms with E-state index in [2.05, 4.69) is 20.4 Å². The molecule has 0 spiro atoms. The maximum absolute atomic E-state index is 5.24. The summed E-state index contributed by atoms with van der Waals surface area (Å²) in [5.41, 5.74) is 1.04. The van der Waals surface area contributed by atoms with E-state index in [0.717, 1.165) is 18.5 Å². The molecule has 0 aromatic carbocycles. The van der Waals surface area contributed by atoms with Gasteiger partial charge in [0.2, 0.25) is 11.8 Å². The Kier molecular flexibility index (Phi) is 3.92. The molecule has 1 aliphatic rings. The Balaban J connectivity index is 1.52. The summed E-state index contributed by atoms with van der Waals surface area (Å²) in [6.45, 7) is 0.899. The molecule has 1 saturated carbocycles. The van der Waals surface area contributed by atoms with Crippen LogP contribution in [0.5, 0.6) is 5.88 Å². The standard InChI is InChI=1S/C14H18N4O2/c1-19-13-5-2-10(9-16-13)8-12-17-14(20-18-12)6-7-15-11-3-4-11/h2,5,9,11,15H,3-4,6-8H2,1H3. The third-order valence-electron chi connectivity index (χ3n) is 3.23. The van der Waals surface area contributed by atoms with Crippen LogP contribution in [0, 0.1) is 0 Å². The van der Waals surface area contributed by atoms with Gasteiger partial charge in [-0.2, -0.15) is 4.98 Å². The van der Waals surface area contributed by atoms with Crippen LogP contribution in [0.25, 0.3) is 0 Å². The summed E-state index contributed by atoms with van der Waals surface area (Å²) in [5.74, 6) is 1.99. The van der Waals surface area contributed by atoms with E-state index in [1.54, 1.807) is 13.3 Å². The Morgan fingerprint density at radius 1 is 1.40 bits per heavy atom. The van der Waals surface area contributed by atoms with Crippen molar-refractivity contribution in [3.63, 3.8) is 0 Å². The van der Waals surface area contributed by atoms with Crippen LogP contribution in [-0.4, -0.2) is 34.8 Å². The number of pyridine rings is 1. The highest BCUT2D eigenvalue weighted by Gasteiger charge is 2.20. The Bertz CT molecular complexity index is 549. The van der Waals surface area contributed by atoms with Crippen molar-refractivity contribution < 1.29 is 9.26 Å². The topological polar surface area (TPSA) is 73.1 Å². The monoisotopic (exact) mass is 274 g/mol. The third-order valence-corrected chi connectivity index (χ3v) is 3.23. The van der Waals surface area contributed by atoms with Crippen LogP contribution in [0.4, 0.5) is 0 Å². The molecule has 3 rings (SSSR count). The van der Waals surface area contributed by atoms with E-state index in [0.29, 0.717) is 30.1 Å². The second kappa shape index (κ2) is 6.00. The largest absolute Gasteiger partial charge is 0.481 e. The molecule has 1 aliphatic carbocycles. The van der Waals surface area contributed by atoms with Crippen molar-refractivity contribution in [3.8, 4) is 5.88 Å². The zero-order valence-electron chi connectivity index (χ0n) is 11.5. The van der Waals surface area contributed by atoms with Gasteiger partial charge in [-0.1, -0.05) is 11.2 Å². The SMILES string of the molecule is COc1ccc(Cc2noc(CCNC3CC3)n2)cn1. The second-order valence-electron chi connectivity index (χ2n) is 4.97. The fourth-order valence-electron chi connectivity index (χ4n) is 1.95. The fraction of sp³-hybridized carbons (Fsp3) is 0.500. The Hall–Kier alpha value is -1.95. The maximum Gasteiger partial charge on any atom is 0.227 e. The zero-order valence-corrected chi connectivity index (χ0v) is 11.5. The molecule has 106 valence electrons. The lowest BCUT2D eigenvalue weighted by Gasteiger charge is -1.99. The van der Waals surface area contributed by atoms with Crippen molar-refractivity contribution in [3.05, 3.63) is 35.6 Å². The van der Waals surface area contributed by atoms with E-state index in [4.69, 9.17) is 9.26 Å². The van der Waals surface area contributed by atoms with E-state index in [9.17, 15) is 0 Å². The number of ether oxygens (including phenoxy) is 1. The van der Waals surface area contributed by atoms with Crippen molar-refractivity contribution in [1.29, 1.82) is 0 Å². The first-order valence-electron chi connectivity index (χ1n) is 6.87. The lowest BCUT2D eigenvalue weighted by atomic mass is 10.2. The molecule has 1 fully saturated rings. The quantitative estimate of drug-likeness (QED) is 0.822. The van der Waals surface area contributed by atoms with Gasteiger partial charge in [0.1, 0.15) is 0 Å². The van der Waals surface area contributed by atoms with Gasteiger partial charge in [0.15, 0.2) is 5.82 Å². The predicted octanol–water partition coefficient (Wildman–Crippen LogP) is 1.36. The van der Waals surface area contributed by atoms with Crippen LogP contribution in [0.3, 0.4) is 0 Å². The number of hydrogen-bond acceptors (Lipinski definition) is 6. The molecule has 1 N–H and O–H groups in total. The average Bonchev–Trinajstić information content (AvgIpc) is 3.19. The van der Waals surface area contributed by atoms with Gasteiger partial charge in [-0.05, 0) is 18.4 Å². The molecule has 0 bridgehead atoms. The molecule has 20 heavy (non-hydrogen) atoms. The summed E-state index contributed by atoms with van der Waals surface area (Å²) < 4.78 is 10.3. The molecule has 0 radical (unpaired) electrons. The van der Waals surface area contributed by atoms with Crippen LogP contribution in [-0.2, 0) is 12.8 Å². The highest BCUT2D eigenvalue weighted by Crippen LogP contribution is 2.18. The van der Waals surface area contributed by atoms with Gasteiger partial charge >= 0.3 is 0 Å². The molecule has 0 atom stereocenters. The summed E-state index contributed by atoms with van der Waals surface area (Å²) in [4.78, 5) is 8.55. The number of rotatable bonds is 7. The molecule has 0 amide bonds. The number of nitrogens with one attached hydrogen (secondary N) is 1. The zero-order chi connectivity index (χ0) is 13.8. The third kappa shape index (κ3) is 3.54. The van der Waals surface area contributed by atoms with E-state index in [1.165, 1.54) is 12.8 Å². The lowest BCUT2D eigenvalue weighted by Crippen LogP contribution is -2.19. The van der Waals surface area contributed by atoms with Crippen LogP contribution >= 0.6 is 0 Å². The van der Waals surface area contributed by atoms with Crippen molar-refractivity contribution >= 4 is 0 Å². The summed E-state index contributed by atoms with van der Waals surface area (Å²) in [7, 11) is 1.60. The molecule has 0 aliphatic heterocycles. The lowest BCUT2D eigenvalue weighted by molar-refractivity contribution is 0.371. The van der Waals surface area contributed by atoms with E-state index in [-0.39, 0.29) is 0 Å². The van der Waals surface area contributed by atoms with Crippen molar-refractivity contribution in [2.45, 2.75) is 31.7 Å². The first-order chi connectivity index (χ1) is 9.83. The molecule has 2 heterocycles. The highest BCUT2D eigenvalue weighted by molar-refractivity contribution is 5.20. The van der Waals surface area contributed by atoms with Gasteiger partial charge in [0.05, 0.1) is 7.11 Å². The highest BCUT2D eigenvalue weighted by atomic mass is 16.5. The summed E-state index contributed by atoms with van der Waals surface area (Å²) >= 11 is 0. The normalized spacial score (nSPS) is 14.4. The van der Waals surface area contributed by atoms with Gasteiger partial charge < -0.3 is 14.6 Å². The number of methoxy groups -OCH3 is 1. The van der Waals surface area contributed by atoms with Gasteiger partial charge in [-0.15, -0.1) is 0 Å². The first kappa shape index (κ1) is 13.1. The molecule has 0 saturated heterocycles. The Morgan fingerprint density at radius 2 is 2.30 bits per heavy atom. The Morgan fingerprint density at radius 3 is 3.00 bits per heavy atom. The molecule has 2 aromatic rings.